The van der Waals surface area contributed by atoms with Crippen molar-refractivity contribution in [1.82, 2.24) is 5.32 Å². The van der Waals surface area contributed by atoms with Crippen molar-refractivity contribution >= 4 is 0 Å². The lowest BCUT2D eigenvalue weighted by molar-refractivity contribution is 0.113. The Balaban J connectivity index is 2.42. The fraction of sp³-hybridized carbons (Fsp3) is 0.625. The van der Waals surface area contributed by atoms with Gasteiger partial charge in [-0.1, -0.05) is 32.0 Å². The van der Waals surface area contributed by atoms with Gasteiger partial charge in [-0.2, -0.15) is 0 Å². The second-order valence-electron chi connectivity index (χ2n) is 5.10. The molecule has 108 valence electrons. The van der Waals surface area contributed by atoms with E-state index in [4.69, 9.17) is 4.74 Å². The van der Waals surface area contributed by atoms with Crippen LogP contribution < -0.4 is 10.1 Å². The van der Waals surface area contributed by atoms with Crippen LogP contribution in [0.4, 0.5) is 0 Å². The maximum absolute atomic E-state index is 9.52. The first-order valence-corrected chi connectivity index (χ1v) is 7.15. The van der Waals surface area contributed by atoms with Crippen molar-refractivity contribution in [1.29, 1.82) is 0 Å². The average molecular weight is 265 g/mol. The zero-order chi connectivity index (χ0) is 14.1. The van der Waals surface area contributed by atoms with Gasteiger partial charge in [0.25, 0.3) is 0 Å². The van der Waals surface area contributed by atoms with Gasteiger partial charge < -0.3 is 15.2 Å². The first-order valence-electron chi connectivity index (χ1n) is 7.15. The van der Waals surface area contributed by atoms with E-state index in [-0.39, 0.29) is 12.0 Å². The summed E-state index contributed by atoms with van der Waals surface area (Å²) >= 11 is 0. The molecule has 19 heavy (non-hydrogen) atoms. The van der Waals surface area contributed by atoms with E-state index in [1.54, 1.807) is 7.11 Å². The maximum Gasteiger partial charge on any atom is 0.122 e. The lowest BCUT2D eigenvalue weighted by atomic mass is 9.83. The lowest BCUT2D eigenvalue weighted by Gasteiger charge is -2.29. The topological polar surface area (TPSA) is 41.5 Å². The minimum atomic E-state index is 0.0285. The second kappa shape index (κ2) is 8.18. The summed E-state index contributed by atoms with van der Waals surface area (Å²) in [6.07, 6.45) is 2.95. The van der Waals surface area contributed by atoms with Gasteiger partial charge >= 0.3 is 0 Å². The lowest BCUT2D eigenvalue weighted by Crippen LogP contribution is -2.37. The highest BCUT2D eigenvalue weighted by molar-refractivity contribution is 5.33. The van der Waals surface area contributed by atoms with E-state index in [1.165, 1.54) is 5.56 Å². The third kappa shape index (κ3) is 4.51. The fourth-order valence-electron chi connectivity index (χ4n) is 2.27. The van der Waals surface area contributed by atoms with Crippen molar-refractivity contribution in [2.24, 2.45) is 5.41 Å². The predicted molar refractivity (Wildman–Crippen MR) is 79.7 cm³/mol. The van der Waals surface area contributed by atoms with Gasteiger partial charge in [0.2, 0.25) is 0 Å². The van der Waals surface area contributed by atoms with Gasteiger partial charge in [-0.25, -0.2) is 0 Å². The Labute approximate surface area is 117 Å². The number of ether oxygens (including phenoxy) is 1. The molecule has 0 heterocycles. The van der Waals surface area contributed by atoms with Gasteiger partial charge in [-0.3, -0.25) is 0 Å². The minimum Gasteiger partial charge on any atom is -0.496 e. The molecule has 0 fully saturated rings. The van der Waals surface area contributed by atoms with Gasteiger partial charge in [0, 0.05) is 18.6 Å². The number of hydrogen-bond acceptors (Lipinski definition) is 3. The quantitative estimate of drug-likeness (QED) is 0.674. The molecule has 1 aromatic rings. The highest BCUT2D eigenvalue weighted by atomic mass is 16.5. The summed E-state index contributed by atoms with van der Waals surface area (Å²) in [5.41, 5.74) is 1.25. The number of aliphatic hydroxyl groups excluding tert-OH is 1. The summed E-state index contributed by atoms with van der Waals surface area (Å²) in [6, 6.07) is 8.11. The van der Waals surface area contributed by atoms with Crippen molar-refractivity contribution in [3.63, 3.8) is 0 Å². The molecular formula is C16H27NO2. The van der Waals surface area contributed by atoms with Gasteiger partial charge in [-0.05, 0) is 37.4 Å². The zero-order valence-electron chi connectivity index (χ0n) is 12.4. The van der Waals surface area contributed by atoms with E-state index in [2.05, 4.69) is 25.2 Å². The maximum atomic E-state index is 9.52. The van der Waals surface area contributed by atoms with Crippen molar-refractivity contribution in [3.05, 3.63) is 29.8 Å². The van der Waals surface area contributed by atoms with Crippen LogP contribution in [0.25, 0.3) is 0 Å². The van der Waals surface area contributed by atoms with E-state index in [0.29, 0.717) is 0 Å². The third-order valence-electron chi connectivity index (χ3n) is 4.10. The van der Waals surface area contributed by atoms with Crippen LogP contribution in [-0.2, 0) is 6.42 Å². The first-order chi connectivity index (χ1) is 9.21. The van der Waals surface area contributed by atoms with Crippen LogP contribution in [-0.4, -0.2) is 31.9 Å². The molecule has 0 unspecified atom stereocenters. The molecule has 1 rings (SSSR count). The normalized spacial score (nSPS) is 11.6. The second-order valence-corrected chi connectivity index (χ2v) is 5.10. The molecule has 0 aromatic heterocycles. The molecule has 0 aliphatic carbocycles. The minimum absolute atomic E-state index is 0.0285. The molecule has 0 bridgehead atoms. The largest absolute Gasteiger partial charge is 0.496 e. The number of para-hydroxylation sites is 1. The van der Waals surface area contributed by atoms with E-state index < -0.39 is 0 Å². The number of methoxy groups -OCH3 is 1. The Morgan fingerprint density at radius 1 is 1.21 bits per heavy atom. The molecule has 1 aromatic carbocycles. The predicted octanol–water partition coefficient (Wildman–Crippen LogP) is 2.63. The standard InChI is InChI=1S/C16H27NO2/c1-4-16(5-2,13-18)12-17-11-10-14-8-6-7-9-15(14)19-3/h6-9,17-18H,4-5,10-13H2,1-3H3. The number of rotatable bonds is 9. The molecule has 0 atom stereocenters. The number of benzene rings is 1. The molecule has 0 radical (unpaired) electrons. The highest BCUT2D eigenvalue weighted by Gasteiger charge is 2.24. The van der Waals surface area contributed by atoms with Crippen LogP contribution >= 0.6 is 0 Å². The number of nitrogens with one attached hydrogen (secondary N) is 1. The number of aliphatic hydroxyl groups is 1. The summed E-state index contributed by atoms with van der Waals surface area (Å²) in [5.74, 6) is 0.948. The molecule has 2 N–H and O–H groups in total. The van der Waals surface area contributed by atoms with E-state index in [1.807, 2.05) is 18.2 Å². The van der Waals surface area contributed by atoms with E-state index >= 15 is 0 Å². The molecule has 3 nitrogen and oxygen atoms in total. The average Bonchev–Trinajstić information content (AvgIpc) is 2.48. The van der Waals surface area contributed by atoms with Crippen LogP contribution in [0.2, 0.25) is 0 Å². The van der Waals surface area contributed by atoms with Crippen molar-refractivity contribution in [3.8, 4) is 5.75 Å². The summed E-state index contributed by atoms with van der Waals surface area (Å²) < 4.78 is 5.34. The number of hydrogen-bond donors (Lipinski definition) is 2. The molecule has 0 amide bonds. The SMILES string of the molecule is CCC(CC)(CO)CNCCc1ccccc1OC. The van der Waals surface area contributed by atoms with Gasteiger partial charge in [0.1, 0.15) is 5.75 Å². The molecule has 0 saturated heterocycles. The van der Waals surface area contributed by atoms with Gasteiger partial charge in [0.15, 0.2) is 0 Å². The molecular weight excluding hydrogens is 238 g/mol. The van der Waals surface area contributed by atoms with Crippen LogP contribution in [0.3, 0.4) is 0 Å². The van der Waals surface area contributed by atoms with Crippen LogP contribution in [0.1, 0.15) is 32.3 Å². The summed E-state index contributed by atoms with van der Waals surface area (Å²) in [6.45, 7) is 6.30. The highest BCUT2D eigenvalue weighted by Crippen LogP contribution is 2.24. The van der Waals surface area contributed by atoms with Crippen molar-refractivity contribution < 1.29 is 9.84 Å². The first kappa shape index (κ1) is 16.0. The van der Waals surface area contributed by atoms with Gasteiger partial charge in [-0.15, -0.1) is 0 Å². The molecule has 0 aliphatic heterocycles. The Hall–Kier alpha value is -1.06. The monoisotopic (exact) mass is 265 g/mol. The summed E-state index contributed by atoms with van der Waals surface area (Å²) in [7, 11) is 1.71. The summed E-state index contributed by atoms with van der Waals surface area (Å²) in [5, 5.41) is 13.0. The Kier molecular flexibility index (Phi) is 6.89. The zero-order valence-corrected chi connectivity index (χ0v) is 12.4. The van der Waals surface area contributed by atoms with Crippen LogP contribution in [0.5, 0.6) is 5.75 Å². The Bertz CT molecular complexity index is 353. The summed E-state index contributed by atoms with van der Waals surface area (Å²) in [4.78, 5) is 0. The van der Waals surface area contributed by atoms with E-state index in [9.17, 15) is 5.11 Å². The molecule has 0 spiro atoms. The molecule has 0 saturated carbocycles. The van der Waals surface area contributed by atoms with E-state index in [0.717, 1.165) is 38.1 Å². The Morgan fingerprint density at radius 3 is 2.47 bits per heavy atom. The third-order valence-corrected chi connectivity index (χ3v) is 4.10. The molecule has 0 aliphatic rings. The van der Waals surface area contributed by atoms with Crippen molar-refractivity contribution in [2.75, 3.05) is 26.8 Å². The smallest absolute Gasteiger partial charge is 0.122 e. The Morgan fingerprint density at radius 2 is 1.89 bits per heavy atom. The van der Waals surface area contributed by atoms with Crippen molar-refractivity contribution in [2.45, 2.75) is 33.1 Å². The van der Waals surface area contributed by atoms with Crippen LogP contribution in [0.15, 0.2) is 24.3 Å². The van der Waals surface area contributed by atoms with Crippen LogP contribution in [0, 0.1) is 5.41 Å². The molecule has 3 heteroatoms. The van der Waals surface area contributed by atoms with Gasteiger partial charge in [0.05, 0.1) is 7.11 Å². The fourth-order valence-corrected chi connectivity index (χ4v) is 2.27.